The zero-order chi connectivity index (χ0) is 21.8. The molecule has 1 aliphatic carbocycles. The van der Waals surface area contributed by atoms with E-state index in [1.807, 2.05) is 24.0 Å². The number of hydrogen-bond acceptors (Lipinski definition) is 5. The summed E-state index contributed by atoms with van der Waals surface area (Å²) in [5.41, 5.74) is 3.11. The molecule has 164 valence electrons. The van der Waals surface area contributed by atoms with Gasteiger partial charge in [-0.3, -0.25) is 4.79 Å². The second-order valence-corrected chi connectivity index (χ2v) is 8.21. The Morgan fingerprint density at radius 2 is 1.74 bits per heavy atom. The van der Waals surface area contributed by atoms with E-state index >= 15 is 0 Å². The van der Waals surface area contributed by atoms with Crippen molar-refractivity contribution in [2.45, 2.75) is 32.7 Å². The van der Waals surface area contributed by atoms with E-state index in [1.54, 1.807) is 4.90 Å². The van der Waals surface area contributed by atoms with E-state index in [0.717, 1.165) is 29.9 Å². The summed E-state index contributed by atoms with van der Waals surface area (Å²) in [5.74, 6) is 0.837. The van der Waals surface area contributed by atoms with Crippen LogP contribution >= 0.6 is 0 Å². The average molecular weight is 423 g/mol. The number of rotatable bonds is 6. The largest absolute Gasteiger partial charge is 0.352 e. The number of urea groups is 1. The number of benzene rings is 1. The first-order chi connectivity index (χ1) is 15.0. The maximum atomic E-state index is 12.8. The first kappa shape index (κ1) is 21.1. The molecule has 3 amide bonds. The molecule has 2 aromatic rings. The van der Waals surface area contributed by atoms with Crippen molar-refractivity contribution in [3.63, 3.8) is 0 Å². The van der Waals surface area contributed by atoms with Crippen LogP contribution in [0.25, 0.3) is 11.3 Å². The summed E-state index contributed by atoms with van der Waals surface area (Å²) in [6.07, 6.45) is 1.96. The van der Waals surface area contributed by atoms with Crippen LogP contribution in [0.2, 0.25) is 0 Å². The molecule has 1 aliphatic heterocycles. The normalized spacial score (nSPS) is 16.2. The fourth-order valence-electron chi connectivity index (χ4n) is 3.81. The second kappa shape index (κ2) is 9.32. The quantitative estimate of drug-likeness (QED) is 0.773. The van der Waals surface area contributed by atoms with Crippen molar-refractivity contribution < 1.29 is 9.59 Å². The molecule has 1 saturated carbocycles. The number of piperazine rings is 1. The minimum absolute atomic E-state index is 0.0126. The molecule has 1 saturated heterocycles. The van der Waals surface area contributed by atoms with Gasteiger partial charge in [0.25, 0.3) is 0 Å². The van der Waals surface area contributed by atoms with Gasteiger partial charge in [-0.2, -0.15) is 0 Å². The van der Waals surface area contributed by atoms with Gasteiger partial charge in [-0.1, -0.05) is 29.8 Å². The summed E-state index contributed by atoms with van der Waals surface area (Å²) in [4.78, 5) is 30.7. The Bertz CT molecular complexity index is 903. The number of anilines is 1. The van der Waals surface area contributed by atoms with Gasteiger partial charge in [0, 0.05) is 44.3 Å². The van der Waals surface area contributed by atoms with Gasteiger partial charge >= 0.3 is 6.03 Å². The summed E-state index contributed by atoms with van der Waals surface area (Å²) in [6.45, 7) is 7.32. The lowest BCUT2D eigenvalue weighted by Gasteiger charge is -2.36. The Balaban J connectivity index is 1.31. The maximum Gasteiger partial charge on any atom is 0.318 e. The monoisotopic (exact) mass is 422 g/mol. The predicted octanol–water partition coefficient (Wildman–Crippen LogP) is 2.29. The molecule has 0 bridgehead atoms. The van der Waals surface area contributed by atoms with Crippen LogP contribution < -0.4 is 10.2 Å². The molecule has 1 aromatic carbocycles. The van der Waals surface area contributed by atoms with E-state index in [2.05, 4.69) is 51.6 Å². The molecule has 4 rings (SSSR count). The van der Waals surface area contributed by atoms with E-state index in [1.165, 1.54) is 5.56 Å². The fraction of sp³-hybridized carbons (Fsp3) is 0.478. The van der Waals surface area contributed by atoms with Crippen LogP contribution in [0.3, 0.4) is 0 Å². The highest BCUT2D eigenvalue weighted by Gasteiger charge is 2.35. The maximum absolute atomic E-state index is 12.8. The highest BCUT2D eigenvalue weighted by atomic mass is 16.2. The molecule has 0 radical (unpaired) electrons. The van der Waals surface area contributed by atoms with Crippen molar-refractivity contribution in [1.29, 1.82) is 0 Å². The lowest BCUT2D eigenvalue weighted by molar-refractivity contribution is -0.132. The number of nitrogens with zero attached hydrogens (tertiary/aromatic N) is 5. The molecule has 8 heteroatoms. The van der Waals surface area contributed by atoms with E-state index in [-0.39, 0.29) is 24.5 Å². The Kier molecular flexibility index (Phi) is 6.34. The Morgan fingerprint density at radius 1 is 1.03 bits per heavy atom. The molecular formula is C23H30N6O2. The van der Waals surface area contributed by atoms with Crippen molar-refractivity contribution in [2.24, 2.45) is 0 Å². The number of carbonyl (C=O) groups excluding carboxylic acids is 2. The predicted molar refractivity (Wildman–Crippen MR) is 120 cm³/mol. The van der Waals surface area contributed by atoms with E-state index in [0.29, 0.717) is 32.7 Å². The smallest absolute Gasteiger partial charge is 0.318 e. The lowest BCUT2D eigenvalue weighted by Crippen LogP contribution is -2.53. The molecule has 1 N–H and O–H groups in total. The molecule has 0 spiro atoms. The summed E-state index contributed by atoms with van der Waals surface area (Å²) in [6, 6.07) is 12.3. The van der Waals surface area contributed by atoms with Crippen LogP contribution in [0, 0.1) is 6.92 Å². The molecule has 0 atom stereocenters. The minimum Gasteiger partial charge on any atom is -0.352 e. The SMILES string of the molecule is CCNC(=O)N(CC(=O)N1CCN(c2ccc(-c3ccc(C)cc3)nn2)CC1)C1CC1. The Hall–Kier alpha value is -3.16. The zero-order valence-corrected chi connectivity index (χ0v) is 18.3. The molecule has 31 heavy (non-hydrogen) atoms. The van der Waals surface area contributed by atoms with Gasteiger partial charge in [-0.15, -0.1) is 10.2 Å². The second-order valence-electron chi connectivity index (χ2n) is 8.21. The molecular weight excluding hydrogens is 392 g/mol. The number of amides is 3. The molecule has 1 aromatic heterocycles. The standard InChI is InChI=1S/C23H30N6O2/c1-3-24-23(31)29(19-8-9-19)16-22(30)28-14-12-27(13-15-28)21-11-10-20(25-26-21)18-6-4-17(2)5-7-18/h4-7,10-11,19H,3,8-9,12-16H2,1-2H3,(H,24,31). The lowest BCUT2D eigenvalue weighted by atomic mass is 10.1. The van der Waals surface area contributed by atoms with Crippen molar-refractivity contribution in [3.8, 4) is 11.3 Å². The molecule has 2 fully saturated rings. The summed E-state index contributed by atoms with van der Waals surface area (Å²) >= 11 is 0. The van der Waals surface area contributed by atoms with Gasteiger partial charge in [0.15, 0.2) is 5.82 Å². The van der Waals surface area contributed by atoms with E-state index in [4.69, 9.17) is 0 Å². The van der Waals surface area contributed by atoms with Gasteiger partial charge in [0.1, 0.15) is 6.54 Å². The summed E-state index contributed by atoms with van der Waals surface area (Å²) in [7, 11) is 0. The Morgan fingerprint density at radius 3 is 2.32 bits per heavy atom. The minimum atomic E-state index is -0.138. The third-order valence-corrected chi connectivity index (χ3v) is 5.84. The fourth-order valence-corrected chi connectivity index (χ4v) is 3.81. The van der Waals surface area contributed by atoms with Crippen LogP contribution in [0.15, 0.2) is 36.4 Å². The van der Waals surface area contributed by atoms with Gasteiger partial charge < -0.3 is 20.0 Å². The number of aromatic nitrogens is 2. The summed E-state index contributed by atoms with van der Waals surface area (Å²) < 4.78 is 0. The highest BCUT2D eigenvalue weighted by molar-refractivity contribution is 5.84. The van der Waals surface area contributed by atoms with Crippen molar-refractivity contribution in [3.05, 3.63) is 42.0 Å². The molecule has 2 heterocycles. The van der Waals surface area contributed by atoms with Crippen LogP contribution in [-0.2, 0) is 4.79 Å². The van der Waals surface area contributed by atoms with Gasteiger partial charge in [-0.05, 0) is 38.8 Å². The summed E-state index contributed by atoms with van der Waals surface area (Å²) in [5, 5.41) is 11.6. The molecule has 2 aliphatic rings. The zero-order valence-electron chi connectivity index (χ0n) is 18.3. The Labute approximate surface area is 183 Å². The van der Waals surface area contributed by atoms with Crippen molar-refractivity contribution in [2.75, 3.05) is 44.2 Å². The number of hydrogen-bond donors (Lipinski definition) is 1. The van der Waals surface area contributed by atoms with Gasteiger partial charge in [0.05, 0.1) is 5.69 Å². The van der Waals surface area contributed by atoms with Crippen molar-refractivity contribution >= 4 is 17.8 Å². The third-order valence-electron chi connectivity index (χ3n) is 5.84. The highest BCUT2D eigenvalue weighted by Crippen LogP contribution is 2.27. The third kappa shape index (κ3) is 5.13. The number of aryl methyl sites for hydroxylation is 1. The van der Waals surface area contributed by atoms with Crippen LogP contribution in [-0.4, -0.2) is 77.2 Å². The average Bonchev–Trinajstić information content (AvgIpc) is 3.63. The van der Waals surface area contributed by atoms with Crippen LogP contribution in [0.1, 0.15) is 25.3 Å². The van der Waals surface area contributed by atoms with Gasteiger partial charge in [0.2, 0.25) is 5.91 Å². The number of nitrogens with one attached hydrogen (secondary N) is 1. The first-order valence-electron chi connectivity index (χ1n) is 11.0. The van der Waals surface area contributed by atoms with E-state index < -0.39 is 0 Å². The molecule has 8 nitrogen and oxygen atoms in total. The van der Waals surface area contributed by atoms with Crippen molar-refractivity contribution in [1.82, 2.24) is 25.3 Å². The van der Waals surface area contributed by atoms with Crippen LogP contribution in [0.4, 0.5) is 10.6 Å². The number of carbonyl (C=O) groups is 2. The van der Waals surface area contributed by atoms with Crippen LogP contribution in [0.5, 0.6) is 0 Å². The first-order valence-corrected chi connectivity index (χ1v) is 11.0. The van der Waals surface area contributed by atoms with Gasteiger partial charge in [-0.25, -0.2) is 4.79 Å². The topological polar surface area (TPSA) is 81.7 Å². The molecule has 0 unspecified atom stereocenters. The van der Waals surface area contributed by atoms with E-state index in [9.17, 15) is 9.59 Å².